The molecule has 0 radical (unpaired) electrons. The van der Waals surface area contributed by atoms with Gasteiger partial charge in [-0.2, -0.15) is 0 Å². The van der Waals surface area contributed by atoms with Crippen molar-refractivity contribution in [1.82, 2.24) is 15.1 Å². The first kappa shape index (κ1) is 12.0. The van der Waals surface area contributed by atoms with Gasteiger partial charge in [-0.25, -0.2) is 0 Å². The van der Waals surface area contributed by atoms with Crippen LogP contribution >= 0.6 is 0 Å². The highest BCUT2D eigenvalue weighted by atomic mass is 15.3. The summed E-state index contributed by atoms with van der Waals surface area (Å²) in [6.07, 6.45) is 0. The SMILES string of the molecule is CNC(C)C(C)N1CCN(C)CC1C. The molecule has 0 aliphatic carbocycles. The van der Waals surface area contributed by atoms with Gasteiger partial charge in [0.15, 0.2) is 0 Å². The number of hydrogen-bond donors (Lipinski definition) is 1. The Kier molecular flexibility index (Phi) is 4.35. The van der Waals surface area contributed by atoms with Crippen LogP contribution in [-0.4, -0.2) is 61.7 Å². The summed E-state index contributed by atoms with van der Waals surface area (Å²) >= 11 is 0. The maximum Gasteiger partial charge on any atom is 0.0222 e. The van der Waals surface area contributed by atoms with E-state index >= 15 is 0 Å². The average molecular weight is 199 g/mol. The molecule has 0 amide bonds. The summed E-state index contributed by atoms with van der Waals surface area (Å²) in [7, 11) is 4.25. The highest BCUT2D eigenvalue weighted by Gasteiger charge is 2.27. The van der Waals surface area contributed by atoms with E-state index in [1.165, 1.54) is 19.6 Å². The van der Waals surface area contributed by atoms with Crippen molar-refractivity contribution < 1.29 is 0 Å². The molecule has 1 aliphatic rings. The van der Waals surface area contributed by atoms with Crippen molar-refractivity contribution in [3.63, 3.8) is 0 Å². The van der Waals surface area contributed by atoms with Gasteiger partial charge in [-0.05, 0) is 34.9 Å². The molecule has 1 heterocycles. The van der Waals surface area contributed by atoms with Gasteiger partial charge < -0.3 is 10.2 Å². The van der Waals surface area contributed by atoms with Crippen LogP contribution in [0.5, 0.6) is 0 Å². The lowest BCUT2D eigenvalue weighted by atomic mass is 10.1. The van der Waals surface area contributed by atoms with Gasteiger partial charge in [0, 0.05) is 37.8 Å². The summed E-state index contributed by atoms with van der Waals surface area (Å²) in [4.78, 5) is 5.03. The van der Waals surface area contributed by atoms with Crippen molar-refractivity contribution in [2.45, 2.75) is 38.9 Å². The Hall–Kier alpha value is -0.120. The smallest absolute Gasteiger partial charge is 0.0222 e. The van der Waals surface area contributed by atoms with E-state index in [1.54, 1.807) is 0 Å². The predicted octanol–water partition coefficient (Wildman–Crippen LogP) is 0.619. The highest BCUT2D eigenvalue weighted by Crippen LogP contribution is 2.13. The lowest BCUT2D eigenvalue weighted by Crippen LogP contribution is -2.57. The molecule has 3 heteroatoms. The number of piperazine rings is 1. The Morgan fingerprint density at radius 1 is 1.29 bits per heavy atom. The van der Waals surface area contributed by atoms with Crippen LogP contribution in [0.15, 0.2) is 0 Å². The van der Waals surface area contributed by atoms with Crippen molar-refractivity contribution in [2.24, 2.45) is 0 Å². The fraction of sp³-hybridized carbons (Fsp3) is 1.00. The molecule has 3 nitrogen and oxygen atoms in total. The molecule has 0 spiro atoms. The minimum Gasteiger partial charge on any atom is -0.316 e. The topological polar surface area (TPSA) is 18.5 Å². The molecule has 0 aromatic heterocycles. The zero-order valence-corrected chi connectivity index (χ0v) is 10.2. The highest BCUT2D eigenvalue weighted by molar-refractivity contribution is 4.85. The Labute approximate surface area is 88.5 Å². The molecule has 3 atom stereocenters. The third kappa shape index (κ3) is 2.69. The first-order valence-corrected chi connectivity index (χ1v) is 5.67. The van der Waals surface area contributed by atoms with Crippen molar-refractivity contribution >= 4 is 0 Å². The van der Waals surface area contributed by atoms with Gasteiger partial charge in [0.05, 0.1) is 0 Å². The molecule has 14 heavy (non-hydrogen) atoms. The fourth-order valence-corrected chi connectivity index (χ4v) is 2.29. The van der Waals surface area contributed by atoms with Gasteiger partial charge in [-0.15, -0.1) is 0 Å². The second-order valence-electron chi connectivity index (χ2n) is 4.67. The Bertz CT molecular complexity index is 172. The molecule has 1 fully saturated rings. The summed E-state index contributed by atoms with van der Waals surface area (Å²) in [6, 6.07) is 1.88. The van der Waals surface area contributed by atoms with Crippen LogP contribution < -0.4 is 5.32 Å². The van der Waals surface area contributed by atoms with Crippen LogP contribution in [-0.2, 0) is 0 Å². The van der Waals surface area contributed by atoms with E-state index in [4.69, 9.17) is 0 Å². The minimum absolute atomic E-state index is 0.570. The van der Waals surface area contributed by atoms with Crippen LogP contribution in [0.2, 0.25) is 0 Å². The second-order valence-corrected chi connectivity index (χ2v) is 4.67. The van der Waals surface area contributed by atoms with Gasteiger partial charge in [0.1, 0.15) is 0 Å². The number of nitrogens with one attached hydrogen (secondary N) is 1. The van der Waals surface area contributed by atoms with E-state index in [2.05, 4.69) is 42.9 Å². The van der Waals surface area contributed by atoms with Gasteiger partial charge in [0.25, 0.3) is 0 Å². The summed E-state index contributed by atoms with van der Waals surface area (Å²) < 4.78 is 0. The van der Waals surface area contributed by atoms with Crippen LogP contribution in [0.4, 0.5) is 0 Å². The molecule has 1 N–H and O–H groups in total. The average Bonchev–Trinajstić information content (AvgIpc) is 2.15. The van der Waals surface area contributed by atoms with E-state index in [0.717, 1.165) is 0 Å². The Balaban J connectivity index is 2.51. The first-order chi connectivity index (χ1) is 6.56. The van der Waals surface area contributed by atoms with Crippen molar-refractivity contribution in [2.75, 3.05) is 33.7 Å². The van der Waals surface area contributed by atoms with Crippen molar-refractivity contribution in [1.29, 1.82) is 0 Å². The molecule has 84 valence electrons. The summed E-state index contributed by atoms with van der Waals surface area (Å²) in [5, 5.41) is 3.34. The largest absolute Gasteiger partial charge is 0.316 e. The number of likely N-dealkylation sites (N-methyl/N-ethyl adjacent to an activating group) is 2. The van der Waals surface area contributed by atoms with Crippen molar-refractivity contribution in [3.05, 3.63) is 0 Å². The van der Waals surface area contributed by atoms with Gasteiger partial charge in [-0.3, -0.25) is 4.90 Å². The van der Waals surface area contributed by atoms with E-state index in [-0.39, 0.29) is 0 Å². The van der Waals surface area contributed by atoms with Gasteiger partial charge in [-0.1, -0.05) is 0 Å². The summed E-state index contributed by atoms with van der Waals surface area (Å²) in [5.74, 6) is 0. The van der Waals surface area contributed by atoms with E-state index < -0.39 is 0 Å². The third-order valence-electron chi connectivity index (χ3n) is 3.58. The van der Waals surface area contributed by atoms with E-state index in [1.807, 2.05) is 7.05 Å². The number of hydrogen-bond acceptors (Lipinski definition) is 3. The number of rotatable bonds is 3. The predicted molar refractivity (Wildman–Crippen MR) is 61.6 cm³/mol. The van der Waals surface area contributed by atoms with Crippen molar-refractivity contribution in [3.8, 4) is 0 Å². The molecule has 3 unspecified atom stereocenters. The zero-order valence-electron chi connectivity index (χ0n) is 10.2. The van der Waals surface area contributed by atoms with Gasteiger partial charge in [0.2, 0.25) is 0 Å². The molecule has 0 bridgehead atoms. The van der Waals surface area contributed by atoms with E-state index in [0.29, 0.717) is 18.1 Å². The molecular formula is C11H25N3. The molecule has 0 aromatic rings. The number of nitrogens with zero attached hydrogens (tertiary/aromatic N) is 2. The van der Waals surface area contributed by atoms with E-state index in [9.17, 15) is 0 Å². The lowest BCUT2D eigenvalue weighted by molar-refractivity contribution is 0.0558. The van der Waals surface area contributed by atoms with Gasteiger partial charge >= 0.3 is 0 Å². The molecule has 1 aliphatic heterocycles. The van der Waals surface area contributed by atoms with Crippen LogP contribution in [0.3, 0.4) is 0 Å². The minimum atomic E-state index is 0.570. The zero-order chi connectivity index (χ0) is 10.7. The molecular weight excluding hydrogens is 174 g/mol. The summed E-state index contributed by atoms with van der Waals surface area (Å²) in [5.41, 5.74) is 0. The van der Waals surface area contributed by atoms with Crippen LogP contribution in [0.25, 0.3) is 0 Å². The summed E-state index contributed by atoms with van der Waals surface area (Å²) in [6.45, 7) is 10.5. The maximum atomic E-state index is 3.34. The Morgan fingerprint density at radius 3 is 2.43 bits per heavy atom. The molecule has 0 saturated carbocycles. The second kappa shape index (κ2) is 5.10. The monoisotopic (exact) mass is 199 g/mol. The first-order valence-electron chi connectivity index (χ1n) is 5.67. The van der Waals surface area contributed by atoms with Crippen LogP contribution in [0.1, 0.15) is 20.8 Å². The Morgan fingerprint density at radius 2 is 1.93 bits per heavy atom. The quantitative estimate of drug-likeness (QED) is 0.719. The molecule has 0 aromatic carbocycles. The van der Waals surface area contributed by atoms with Crippen LogP contribution in [0, 0.1) is 0 Å². The lowest BCUT2D eigenvalue weighted by Gasteiger charge is -2.43. The maximum absolute atomic E-state index is 3.34. The molecule has 1 saturated heterocycles. The third-order valence-corrected chi connectivity index (χ3v) is 3.58. The normalized spacial score (nSPS) is 30.2. The fourth-order valence-electron chi connectivity index (χ4n) is 2.29. The standard InChI is InChI=1S/C11H25N3/c1-9-8-13(5)6-7-14(9)11(3)10(2)12-4/h9-12H,6-8H2,1-5H3. The molecule has 1 rings (SSSR count).